The van der Waals surface area contributed by atoms with E-state index in [4.69, 9.17) is 16.6 Å². The van der Waals surface area contributed by atoms with E-state index in [0.29, 0.717) is 32.7 Å². The number of fused-ring (bicyclic) bond motifs is 1. The van der Waals surface area contributed by atoms with Gasteiger partial charge in [0, 0.05) is 0 Å². The van der Waals surface area contributed by atoms with Crippen LogP contribution >= 0.6 is 34.7 Å². The summed E-state index contributed by atoms with van der Waals surface area (Å²) < 4.78 is 14.8. The molecule has 2 aromatic carbocycles. The number of nitrogens with zero attached hydrogens (tertiary/aromatic N) is 2. The van der Waals surface area contributed by atoms with Crippen LogP contribution < -0.4 is 10.9 Å². The molecule has 4 aromatic rings. The number of nitrogens with one attached hydrogen (secondary N) is 1. The molecular formula is C23H17ClFN3O2S2. The van der Waals surface area contributed by atoms with Crippen molar-refractivity contribution >= 4 is 56.5 Å². The number of carbonyl (C=O) groups is 1. The Labute approximate surface area is 196 Å². The molecule has 5 rings (SSSR count). The average molecular weight is 486 g/mol. The Morgan fingerprint density at radius 3 is 2.75 bits per heavy atom. The van der Waals surface area contributed by atoms with Crippen molar-refractivity contribution in [3.8, 4) is 5.69 Å². The molecule has 0 aliphatic heterocycles. The summed E-state index contributed by atoms with van der Waals surface area (Å²) in [6, 6.07) is 13.1. The van der Waals surface area contributed by atoms with Crippen LogP contribution in [0.25, 0.3) is 15.9 Å². The second-order valence-corrected chi connectivity index (χ2v) is 9.68. The van der Waals surface area contributed by atoms with Gasteiger partial charge in [0.15, 0.2) is 5.16 Å². The molecule has 1 N–H and O–H groups in total. The van der Waals surface area contributed by atoms with Crippen LogP contribution in [0.1, 0.15) is 24.3 Å². The first-order chi connectivity index (χ1) is 15.5. The van der Waals surface area contributed by atoms with Crippen LogP contribution in [-0.4, -0.2) is 21.2 Å². The summed E-state index contributed by atoms with van der Waals surface area (Å²) in [7, 11) is 0. The molecule has 0 atom stereocenters. The zero-order chi connectivity index (χ0) is 22.2. The van der Waals surface area contributed by atoms with Crippen molar-refractivity contribution in [3.63, 3.8) is 0 Å². The van der Waals surface area contributed by atoms with E-state index in [-0.39, 0.29) is 22.2 Å². The van der Waals surface area contributed by atoms with Crippen LogP contribution in [0.15, 0.2) is 63.9 Å². The summed E-state index contributed by atoms with van der Waals surface area (Å²) in [5.74, 6) is -0.359. The van der Waals surface area contributed by atoms with Crippen molar-refractivity contribution in [2.75, 3.05) is 11.1 Å². The fraction of sp³-hybridized carbons (Fsp3) is 0.174. The fourth-order valence-corrected chi connectivity index (χ4v) is 5.59. The summed E-state index contributed by atoms with van der Waals surface area (Å²) >= 11 is 8.63. The molecule has 5 nitrogen and oxygen atoms in total. The average Bonchev–Trinajstić information content (AvgIpc) is 3.54. The lowest BCUT2D eigenvalue weighted by molar-refractivity contribution is -0.113. The lowest BCUT2D eigenvalue weighted by Crippen LogP contribution is -2.23. The highest BCUT2D eigenvalue weighted by atomic mass is 35.5. The summed E-state index contributed by atoms with van der Waals surface area (Å²) in [4.78, 5) is 31.5. The maximum atomic E-state index is 13.5. The van der Waals surface area contributed by atoms with Gasteiger partial charge in [-0.15, -0.1) is 11.3 Å². The van der Waals surface area contributed by atoms with Gasteiger partial charge in [0.2, 0.25) is 5.91 Å². The molecule has 0 unspecified atom stereocenters. The van der Waals surface area contributed by atoms with Crippen molar-refractivity contribution < 1.29 is 9.18 Å². The number of aromatic nitrogens is 2. The van der Waals surface area contributed by atoms with Gasteiger partial charge in [-0.2, -0.15) is 0 Å². The van der Waals surface area contributed by atoms with Crippen LogP contribution in [-0.2, 0) is 4.79 Å². The third kappa shape index (κ3) is 4.18. The second kappa shape index (κ2) is 8.69. The monoisotopic (exact) mass is 485 g/mol. The van der Waals surface area contributed by atoms with Gasteiger partial charge in [-0.05, 0) is 60.0 Å². The number of carbonyl (C=O) groups excluding carboxylic acids is 1. The number of anilines is 1. The summed E-state index contributed by atoms with van der Waals surface area (Å²) in [6.45, 7) is 0. The standard InChI is InChI=1S/C23H17ClFN3O2S2/c24-17-10-14(25)8-9-18(17)26-19(29)12-32-23-27-21-20(16(11-31-21)13-6-7-13)22(30)28(23)15-4-2-1-3-5-15/h1-5,8-11,13H,6-7,12H2,(H,26,29). The van der Waals surface area contributed by atoms with Crippen molar-refractivity contribution in [1.82, 2.24) is 9.55 Å². The maximum Gasteiger partial charge on any atom is 0.267 e. The van der Waals surface area contributed by atoms with Crippen molar-refractivity contribution in [3.05, 3.63) is 80.7 Å². The number of benzene rings is 2. The van der Waals surface area contributed by atoms with Crippen molar-refractivity contribution in [1.29, 1.82) is 0 Å². The number of para-hydroxylation sites is 1. The van der Waals surface area contributed by atoms with Gasteiger partial charge in [0.25, 0.3) is 5.56 Å². The van der Waals surface area contributed by atoms with Crippen LogP contribution in [0.2, 0.25) is 5.02 Å². The fourth-order valence-electron chi connectivity index (χ4n) is 3.50. The van der Waals surface area contributed by atoms with Crippen LogP contribution in [0.5, 0.6) is 0 Å². The minimum atomic E-state index is -0.478. The molecule has 2 heterocycles. The highest BCUT2D eigenvalue weighted by molar-refractivity contribution is 7.99. The van der Waals surface area contributed by atoms with Gasteiger partial charge >= 0.3 is 0 Å². The normalized spacial score (nSPS) is 13.4. The highest BCUT2D eigenvalue weighted by Crippen LogP contribution is 2.44. The van der Waals surface area contributed by atoms with E-state index in [1.54, 1.807) is 4.57 Å². The quantitative estimate of drug-likeness (QED) is 0.275. The maximum absolute atomic E-state index is 13.5. The molecule has 162 valence electrons. The number of halogens is 2. The van der Waals surface area contributed by atoms with Gasteiger partial charge in [-0.3, -0.25) is 14.2 Å². The van der Waals surface area contributed by atoms with Crippen molar-refractivity contribution in [2.24, 2.45) is 0 Å². The van der Waals surface area contributed by atoms with E-state index in [2.05, 4.69) is 5.32 Å². The molecular weight excluding hydrogens is 469 g/mol. The number of amides is 1. The van der Waals surface area contributed by atoms with Gasteiger partial charge in [0.05, 0.1) is 27.5 Å². The van der Waals surface area contributed by atoms with E-state index in [1.165, 1.54) is 35.2 Å². The molecule has 32 heavy (non-hydrogen) atoms. The predicted molar refractivity (Wildman–Crippen MR) is 128 cm³/mol. The van der Waals surface area contributed by atoms with E-state index in [9.17, 15) is 14.0 Å². The largest absolute Gasteiger partial charge is 0.324 e. The first-order valence-electron chi connectivity index (χ1n) is 9.98. The van der Waals surface area contributed by atoms with E-state index >= 15 is 0 Å². The molecule has 0 radical (unpaired) electrons. The molecule has 1 fully saturated rings. The molecule has 9 heteroatoms. The highest BCUT2D eigenvalue weighted by Gasteiger charge is 2.29. The Kier molecular flexibility index (Phi) is 5.75. The number of rotatable bonds is 6. The molecule has 1 aliphatic carbocycles. The first kappa shape index (κ1) is 21.2. The Bertz CT molecular complexity index is 1380. The van der Waals surface area contributed by atoms with E-state index < -0.39 is 5.82 Å². The molecule has 0 saturated heterocycles. The van der Waals surface area contributed by atoms with E-state index in [1.807, 2.05) is 35.7 Å². The van der Waals surface area contributed by atoms with Crippen LogP contribution in [0.3, 0.4) is 0 Å². The lowest BCUT2D eigenvalue weighted by Gasteiger charge is -2.13. The number of hydrogen-bond donors (Lipinski definition) is 1. The minimum absolute atomic E-state index is 0.0132. The zero-order valence-electron chi connectivity index (χ0n) is 16.7. The zero-order valence-corrected chi connectivity index (χ0v) is 19.1. The molecule has 0 spiro atoms. The van der Waals surface area contributed by atoms with Crippen LogP contribution in [0.4, 0.5) is 10.1 Å². The number of thioether (sulfide) groups is 1. The van der Waals surface area contributed by atoms with Gasteiger partial charge < -0.3 is 5.32 Å². The summed E-state index contributed by atoms with van der Waals surface area (Å²) in [5, 5.41) is 5.94. The predicted octanol–water partition coefficient (Wildman–Crippen LogP) is 5.85. The summed E-state index contributed by atoms with van der Waals surface area (Å²) in [5.41, 5.74) is 1.99. The Morgan fingerprint density at radius 2 is 2.03 bits per heavy atom. The number of thiophene rings is 1. The van der Waals surface area contributed by atoms with Crippen LogP contribution in [0, 0.1) is 5.82 Å². The van der Waals surface area contributed by atoms with E-state index in [0.717, 1.165) is 24.5 Å². The molecule has 1 saturated carbocycles. The molecule has 2 aromatic heterocycles. The van der Waals surface area contributed by atoms with Gasteiger partial charge in [-0.1, -0.05) is 41.6 Å². The summed E-state index contributed by atoms with van der Waals surface area (Å²) in [6.07, 6.45) is 2.19. The Morgan fingerprint density at radius 1 is 1.25 bits per heavy atom. The third-order valence-electron chi connectivity index (χ3n) is 5.17. The second-order valence-electron chi connectivity index (χ2n) is 7.48. The topological polar surface area (TPSA) is 64.0 Å². The Hall–Kier alpha value is -2.68. The van der Waals surface area contributed by atoms with Crippen molar-refractivity contribution in [2.45, 2.75) is 23.9 Å². The first-order valence-corrected chi connectivity index (χ1v) is 12.2. The number of hydrogen-bond acceptors (Lipinski definition) is 5. The molecule has 1 amide bonds. The molecule has 1 aliphatic rings. The third-order valence-corrected chi connectivity index (χ3v) is 7.32. The van der Waals surface area contributed by atoms with Gasteiger partial charge in [0.1, 0.15) is 10.6 Å². The lowest BCUT2D eigenvalue weighted by atomic mass is 10.1. The SMILES string of the molecule is O=C(CSc1nc2scc(C3CC3)c2c(=O)n1-c1ccccc1)Nc1ccc(F)cc1Cl. The Balaban J connectivity index is 1.47. The molecule has 0 bridgehead atoms. The van der Waals surface area contributed by atoms with Gasteiger partial charge in [-0.25, -0.2) is 9.37 Å². The smallest absolute Gasteiger partial charge is 0.267 e. The minimum Gasteiger partial charge on any atom is -0.324 e.